The lowest BCUT2D eigenvalue weighted by Crippen LogP contribution is -2.50. The van der Waals surface area contributed by atoms with E-state index >= 15 is 0 Å². The zero-order chi connectivity index (χ0) is 15.5. The molecule has 0 aromatic heterocycles. The van der Waals surface area contributed by atoms with Gasteiger partial charge < -0.3 is 5.73 Å². The maximum Gasteiger partial charge on any atom is 0.242 e. The molecule has 0 fully saturated rings. The number of benzene rings is 2. The average Bonchev–Trinajstić information content (AvgIpc) is 2.48. The first-order valence-corrected chi connectivity index (χ1v) is 7.24. The van der Waals surface area contributed by atoms with E-state index in [9.17, 15) is 4.79 Å². The van der Waals surface area contributed by atoms with Crippen LogP contribution in [-0.2, 0) is 16.9 Å². The van der Waals surface area contributed by atoms with E-state index in [2.05, 4.69) is 5.32 Å². The highest BCUT2D eigenvalue weighted by Gasteiger charge is 2.35. The molecule has 0 bridgehead atoms. The van der Waals surface area contributed by atoms with Crippen LogP contribution in [0.1, 0.15) is 18.1 Å². The van der Waals surface area contributed by atoms with Gasteiger partial charge in [-0.1, -0.05) is 65.7 Å². The molecule has 2 aromatic rings. The standard InChI is InChI=1S/C16H16Cl2N2O/c1-16(15(19)21,12-8-5-9-13(17)14(12)18)20-10-11-6-3-2-4-7-11/h2-9,20H,10H2,1H3,(H2,19,21). The lowest BCUT2D eigenvalue weighted by molar-refractivity contribution is -0.124. The highest BCUT2D eigenvalue weighted by atomic mass is 35.5. The smallest absolute Gasteiger partial charge is 0.242 e. The van der Waals surface area contributed by atoms with E-state index < -0.39 is 11.4 Å². The maximum atomic E-state index is 12.0. The van der Waals surface area contributed by atoms with Crippen molar-refractivity contribution in [3.8, 4) is 0 Å². The third-order valence-corrected chi connectivity index (χ3v) is 4.29. The maximum absolute atomic E-state index is 12.0. The summed E-state index contributed by atoms with van der Waals surface area (Å²) >= 11 is 12.3. The van der Waals surface area contributed by atoms with Crippen molar-refractivity contribution in [2.24, 2.45) is 5.73 Å². The van der Waals surface area contributed by atoms with Gasteiger partial charge in [0.15, 0.2) is 0 Å². The molecular weight excluding hydrogens is 307 g/mol. The average molecular weight is 323 g/mol. The molecule has 0 heterocycles. The van der Waals surface area contributed by atoms with E-state index in [1.807, 2.05) is 30.3 Å². The van der Waals surface area contributed by atoms with Crippen molar-refractivity contribution in [1.29, 1.82) is 0 Å². The van der Waals surface area contributed by atoms with Crippen molar-refractivity contribution in [3.05, 3.63) is 69.7 Å². The number of rotatable bonds is 5. The lowest BCUT2D eigenvalue weighted by atomic mass is 9.90. The van der Waals surface area contributed by atoms with E-state index in [0.29, 0.717) is 22.2 Å². The fourth-order valence-corrected chi connectivity index (χ4v) is 2.57. The van der Waals surface area contributed by atoms with Gasteiger partial charge in [-0.2, -0.15) is 0 Å². The van der Waals surface area contributed by atoms with Crippen molar-refractivity contribution in [3.63, 3.8) is 0 Å². The first-order valence-electron chi connectivity index (χ1n) is 6.48. The van der Waals surface area contributed by atoms with E-state index in [0.717, 1.165) is 5.56 Å². The topological polar surface area (TPSA) is 55.1 Å². The molecule has 3 nitrogen and oxygen atoms in total. The lowest BCUT2D eigenvalue weighted by Gasteiger charge is -2.29. The predicted molar refractivity (Wildman–Crippen MR) is 86.3 cm³/mol. The molecular formula is C16H16Cl2N2O. The quantitative estimate of drug-likeness (QED) is 0.885. The van der Waals surface area contributed by atoms with Crippen LogP contribution in [0.2, 0.25) is 10.0 Å². The number of primary amides is 1. The minimum Gasteiger partial charge on any atom is -0.368 e. The second-order valence-electron chi connectivity index (χ2n) is 4.93. The van der Waals surface area contributed by atoms with Crippen LogP contribution in [0.15, 0.2) is 48.5 Å². The Morgan fingerprint density at radius 3 is 2.43 bits per heavy atom. The molecule has 2 aromatic carbocycles. The highest BCUT2D eigenvalue weighted by molar-refractivity contribution is 6.42. The Labute approximate surface area is 134 Å². The first-order chi connectivity index (χ1) is 9.95. The Morgan fingerprint density at radius 2 is 1.81 bits per heavy atom. The summed E-state index contributed by atoms with van der Waals surface area (Å²) in [7, 11) is 0. The summed E-state index contributed by atoms with van der Waals surface area (Å²) in [5.41, 5.74) is 6.10. The molecule has 0 spiro atoms. The molecule has 1 amide bonds. The van der Waals surface area contributed by atoms with Crippen LogP contribution in [-0.4, -0.2) is 5.91 Å². The normalized spacial score (nSPS) is 13.7. The number of halogens is 2. The van der Waals surface area contributed by atoms with Gasteiger partial charge >= 0.3 is 0 Å². The summed E-state index contributed by atoms with van der Waals surface area (Å²) in [6.45, 7) is 2.19. The summed E-state index contributed by atoms with van der Waals surface area (Å²) in [4.78, 5) is 12.0. The Hall–Kier alpha value is -1.55. The fourth-order valence-electron chi connectivity index (χ4n) is 2.08. The molecule has 110 valence electrons. The third kappa shape index (κ3) is 3.38. The molecule has 0 saturated carbocycles. The minimum atomic E-state index is -1.10. The van der Waals surface area contributed by atoms with Crippen molar-refractivity contribution in [2.75, 3.05) is 0 Å². The van der Waals surface area contributed by atoms with Gasteiger partial charge in [0, 0.05) is 12.1 Å². The van der Waals surface area contributed by atoms with Gasteiger partial charge in [-0.3, -0.25) is 10.1 Å². The Morgan fingerprint density at radius 1 is 1.14 bits per heavy atom. The Bertz CT molecular complexity index is 646. The highest BCUT2D eigenvalue weighted by Crippen LogP contribution is 2.33. The number of hydrogen-bond acceptors (Lipinski definition) is 2. The predicted octanol–water partition coefficient (Wildman–Crippen LogP) is 3.48. The van der Waals surface area contributed by atoms with Crippen LogP contribution in [0.25, 0.3) is 0 Å². The molecule has 0 radical (unpaired) electrons. The Balaban J connectivity index is 2.32. The van der Waals surface area contributed by atoms with Gasteiger partial charge in [0.1, 0.15) is 5.54 Å². The van der Waals surface area contributed by atoms with E-state index in [1.165, 1.54) is 0 Å². The molecule has 5 heteroatoms. The number of carbonyl (C=O) groups excluding carboxylic acids is 1. The van der Waals surface area contributed by atoms with Crippen molar-refractivity contribution in [2.45, 2.75) is 19.0 Å². The minimum absolute atomic E-state index is 0.334. The van der Waals surface area contributed by atoms with Gasteiger partial charge in [-0.15, -0.1) is 0 Å². The molecule has 0 aliphatic carbocycles. The zero-order valence-electron chi connectivity index (χ0n) is 11.6. The fraction of sp³-hybridized carbons (Fsp3) is 0.188. The van der Waals surface area contributed by atoms with Gasteiger partial charge in [-0.05, 0) is 18.6 Å². The van der Waals surface area contributed by atoms with E-state index in [1.54, 1.807) is 25.1 Å². The Kier molecular flexibility index (Phi) is 4.88. The van der Waals surface area contributed by atoms with E-state index in [-0.39, 0.29) is 0 Å². The van der Waals surface area contributed by atoms with Crippen LogP contribution < -0.4 is 11.1 Å². The van der Waals surface area contributed by atoms with Gasteiger partial charge in [0.05, 0.1) is 10.0 Å². The van der Waals surface area contributed by atoms with Crippen molar-refractivity contribution >= 4 is 29.1 Å². The van der Waals surface area contributed by atoms with Crippen LogP contribution in [0, 0.1) is 0 Å². The second kappa shape index (κ2) is 6.48. The first kappa shape index (κ1) is 15.8. The molecule has 0 aliphatic rings. The molecule has 2 rings (SSSR count). The van der Waals surface area contributed by atoms with Crippen LogP contribution in [0.3, 0.4) is 0 Å². The molecule has 1 atom stereocenters. The van der Waals surface area contributed by atoms with Gasteiger partial charge in [0.25, 0.3) is 0 Å². The third-order valence-electron chi connectivity index (χ3n) is 3.47. The summed E-state index contributed by atoms with van der Waals surface area (Å²) in [6.07, 6.45) is 0. The molecule has 3 N–H and O–H groups in total. The summed E-state index contributed by atoms with van der Waals surface area (Å²) in [5, 5.41) is 3.90. The largest absolute Gasteiger partial charge is 0.368 e. The van der Waals surface area contributed by atoms with Crippen LogP contribution in [0.4, 0.5) is 0 Å². The SMILES string of the molecule is CC(NCc1ccccc1)(C(N)=O)c1cccc(Cl)c1Cl. The van der Waals surface area contributed by atoms with Gasteiger partial charge in [0.2, 0.25) is 5.91 Å². The monoisotopic (exact) mass is 322 g/mol. The number of carbonyl (C=O) groups is 1. The van der Waals surface area contributed by atoms with Crippen LogP contribution >= 0.6 is 23.2 Å². The molecule has 0 aliphatic heterocycles. The van der Waals surface area contributed by atoms with Crippen molar-refractivity contribution < 1.29 is 4.79 Å². The molecule has 21 heavy (non-hydrogen) atoms. The number of nitrogens with two attached hydrogens (primary N) is 1. The van der Waals surface area contributed by atoms with Crippen LogP contribution in [0.5, 0.6) is 0 Å². The number of nitrogens with one attached hydrogen (secondary N) is 1. The summed E-state index contributed by atoms with van der Waals surface area (Å²) < 4.78 is 0. The zero-order valence-corrected chi connectivity index (χ0v) is 13.1. The summed E-state index contributed by atoms with van der Waals surface area (Å²) in [6, 6.07) is 14.9. The van der Waals surface area contributed by atoms with Crippen molar-refractivity contribution in [1.82, 2.24) is 5.32 Å². The number of amides is 1. The molecule has 0 saturated heterocycles. The number of hydrogen-bond donors (Lipinski definition) is 2. The summed E-state index contributed by atoms with van der Waals surface area (Å²) in [5.74, 6) is -0.511. The van der Waals surface area contributed by atoms with Gasteiger partial charge in [-0.25, -0.2) is 0 Å². The molecule has 1 unspecified atom stereocenters. The second-order valence-corrected chi connectivity index (χ2v) is 5.71. The van der Waals surface area contributed by atoms with E-state index in [4.69, 9.17) is 28.9 Å².